The predicted octanol–water partition coefficient (Wildman–Crippen LogP) is 3.06. The minimum Gasteiger partial charge on any atom is -0.497 e. The van der Waals surface area contributed by atoms with Crippen LogP contribution in [0.3, 0.4) is 0 Å². The van der Waals surface area contributed by atoms with Crippen molar-refractivity contribution >= 4 is 0 Å². The van der Waals surface area contributed by atoms with Crippen LogP contribution in [0.25, 0.3) is 0 Å². The van der Waals surface area contributed by atoms with Crippen LogP contribution < -0.4 is 10.5 Å². The molecule has 19 heavy (non-hydrogen) atoms. The maximum absolute atomic E-state index is 6.36. The van der Waals surface area contributed by atoms with E-state index < -0.39 is 0 Å². The van der Waals surface area contributed by atoms with Crippen molar-refractivity contribution in [2.75, 3.05) is 7.11 Å². The lowest BCUT2D eigenvalue weighted by Gasteiger charge is -2.17. The van der Waals surface area contributed by atoms with Crippen molar-refractivity contribution in [2.45, 2.75) is 26.8 Å². The van der Waals surface area contributed by atoms with Crippen molar-refractivity contribution in [1.29, 1.82) is 0 Å². The monoisotopic (exact) mass is 256 g/mol. The summed E-state index contributed by atoms with van der Waals surface area (Å²) in [5.41, 5.74) is 11.8. The summed E-state index contributed by atoms with van der Waals surface area (Å²) in [6.45, 7) is 6.13. The van der Waals surface area contributed by atoms with E-state index in [1.165, 1.54) is 0 Å². The Labute approximate surface area is 114 Å². The van der Waals surface area contributed by atoms with Gasteiger partial charge in [0.15, 0.2) is 0 Å². The number of benzene rings is 1. The van der Waals surface area contributed by atoms with Gasteiger partial charge in [0.1, 0.15) is 5.75 Å². The third kappa shape index (κ3) is 2.76. The Hall–Kier alpha value is -1.87. The molecule has 0 radical (unpaired) electrons. The van der Waals surface area contributed by atoms with Crippen molar-refractivity contribution < 1.29 is 4.74 Å². The van der Waals surface area contributed by atoms with Crippen molar-refractivity contribution in [3.05, 3.63) is 58.4 Å². The number of ether oxygens (including phenoxy) is 1. The zero-order chi connectivity index (χ0) is 14.0. The van der Waals surface area contributed by atoms with Gasteiger partial charge in [-0.25, -0.2) is 0 Å². The molecule has 3 nitrogen and oxygen atoms in total. The fraction of sp³-hybridized carbons (Fsp3) is 0.312. The van der Waals surface area contributed by atoms with E-state index in [1.807, 2.05) is 45.2 Å². The van der Waals surface area contributed by atoms with Gasteiger partial charge in [-0.15, -0.1) is 0 Å². The summed E-state index contributed by atoms with van der Waals surface area (Å²) in [4.78, 5) is 4.48. The molecule has 1 aromatic carbocycles. The summed E-state index contributed by atoms with van der Waals surface area (Å²) in [6.07, 6.45) is 1.86. The minimum absolute atomic E-state index is 0.202. The number of pyridine rings is 1. The second-order valence-electron chi connectivity index (χ2n) is 4.91. The maximum atomic E-state index is 6.36. The molecule has 1 heterocycles. The van der Waals surface area contributed by atoms with Gasteiger partial charge in [-0.3, -0.25) is 4.98 Å². The maximum Gasteiger partial charge on any atom is 0.119 e. The van der Waals surface area contributed by atoms with Crippen molar-refractivity contribution in [1.82, 2.24) is 4.98 Å². The number of hydrogen-bond donors (Lipinski definition) is 1. The van der Waals surface area contributed by atoms with Crippen LogP contribution in [0.5, 0.6) is 5.75 Å². The average molecular weight is 256 g/mol. The molecule has 100 valence electrons. The highest BCUT2D eigenvalue weighted by molar-refractivity contribution is 5.41. The van der Waals surface area contributed by atoms with Crippen LogP contribution in [0.15, 0.2) is 30.5 Å². The molecule has 0 aliphatic heterocycles. The summed E-state index contributed by atoms with van der Waals surface area (Å²) in [5.74, 6) is 0.849. The van der Waals surface area contributed by atoms with E-state index in [0.717, 1.165) is 33.7 Å². The fourth-order valence-electron chi connectivity index (χ4n) is 2.32. The molecule has 0 aliphatic carbocycles. The molecule has 0 spiro atoms. The first kappa shape index (κ1) is 13.6. The highest BCUT2D eigenvalue weighted by atomic mass is 16.5. The molecule has 0 saturated heterocycles. The van der Waals surface area contributed by atoms with Crippen LogP contribution in [0.4, 0.5) is 0 Å². The third-order valence-corrected chi connectivity index (χ3v) is 3.36. The lowest BCUT2D eigenvalue weighted by Crippen LogP contribution is -2.16. The van der Waals surface area contributed by atoms with Crippen molar-refractivity contribution in [2.24, 2.45) is 5.73 Å². The Bertz CT molecular complexity index is 593. The van der Waals surface area contributed by atoms with E-state index in [0.29, 0.717) is 0 Å². The molecule has 0 bridgehead atoms. The molecule has 1 aromatic heterocycles. The average Bonchev–Trinajstić information content (AvgIpc) is 2.37. The van der Waals surface area contributed by atoms with E-state index >= 15 is 0 Å². The normalized spacial score (nSPS) is 12.3. The van der Waals surface area contributed by atoms with Gasteiger partial charge in [-0.05, 0) is 55.2 Å². The zero-order valence-corrected chi connectivity index (χ0v) is 11.9. The Kier molecular flexibility index (Phi) is 3.86. The number of methoxy groups -OCH3 is 1. The number of aromatic nitrogens is 1. The van der Waals surface area contributed by atoms with Gasteiger partial charge in [0.2, 0.25) is 0 Å². The molecule has 2 N–H and O–H groups in total. The molecule has 3 heteroatoms. The van der Waals surface area contributed by atoms with Gasteiger partial charge in [0, 0.05) is 6.20 Å². The standard InChI is InChI=1S/C16H20N2O/c1-10-7-12(3)16(18-9-10)15(17)14-6-5-13(19-4)8-11(14)2/h5-9,15H,17H2,1-4H3. The van der Waals surface area contributed by atoms with Gasteiger partial charge in [0.25, 0.3) is 0 Å². The molecule has 1 atom stereocenters. The van der Waals surface area contributed by atoms with E-state index in [1.54, 1.807) is 7.11 Å². The lowest BCUT2D eigenvalue weighted by molar-refractivity contribution is 0.414. The van der Waals surface area contributed by atoms with Crippen LogP contribution in [0.2, 0.25) is 0 Å². The molecule has 0 saturated carbocycles. The summed E-state index contributed by atoms with van der Waals surface area (Å²) in [7, 11) is 1.67. The second kappa shape index (κ2) is 5.41. The molecule has 2 rings (SSSR count). The van der Waals surface area contributed by atoms with Crippen LogP contribution in [0.1, 0.15) is 34.0 Å². The Morgan fingerprint density at radius 1 is 1.11 bits per heavy atom. The molecular formula is C16H20N2O. The zero-order valence-electron chi connectivity index (χ0n) is 11.9. The van der Waals surface area contributed by atoms with E-state index in [4.69, 9.17) is 10.5 Å². The molecule has 2 aromatic rings. The van der Waals surface area contributed by atoms with Crippen molar-refractivity contribution in [3.8, 4) is 5.75 Å². The smallest absolute Gasteiger partial charge is 0.119 e. The number of rotatable bonds is 3. The minimum atomic E-state index is -0.202. The summed E-state index contributed by atoms with van der Waals surface area (Å²) in [5, 5.41) is 0. The van der Waals surface area contributed by atoms with Crippen LogP contribution >= 0.6 is 0 Å². The fourth-order valence-corrected chi connectivity index (χ4v) is 2.32. The van der Waals surface area contributed by atoms with Crippen LogP contribution in [-0.4, -0.2) is 12.1 Å². The molecule has 0 aliphatic rings. The first-order chi connectivity index (χ1) is 9.02. The first-order valence-electron chi connectivity index (χ1n) is 6.36. The van der Waals surface area contributed by atoms with Gasteiger partial charge in [0.05, 0.1) is 18.8 Å². The van der Waals surface area contributed by atoms with Gasteiger partial charge < -0.3 is 10.5 Å². The largest absolute Gasteiger partial charge is 0.497 e. The van der Waals surface area contributed by atoms with E-state index in [-0.39, 0.29) is 6.04 Å². The van der Waals surface area contributed by atoms with E-state index in [2.05, 4.69) is 11.1 Å². The van der Waals surface area contributed by atoms with Crippen LogP contribution in [-0.2, 0) is 0 Å². The van der Waals surface area contributed by atoms with Crippen molar-refractivity contribution in [3.63, 3.8) is 0 Å². The SMILES string of the molecule is COc1ccc(C(N)c2ncc(C)cc2C)c(C)c1. The molecular weight excluding hydrogens is 236 g/mol. The van der Waals surface area contributed by atoms with E-state index in [9.17, 15) is 0 Å². The van der Waals surface area contributed by atoms with Gasteiger partial charge in [-0.1, -0.05) is 12.1 Å². The summed E-state index contributed by atoms with van der Waals surface area (Å²) < 4.78 is 5.22. The number of hydrogen-bond acceptors (Lipinski definition) is 3. The number of aryl methyl sites for hydroxylation is 3. The Balaban J connectivity index is 2.41. The topological polar surface area (TPSA) is 48.1 Å². The molecule has 0 fully saturated rings. The Morgan fingerprint density at radius 3 is 2.42 bits per heavy atom. The molecule has 1 unspecified atom stereocenters. The highest BCUT2D eigenvalue weighted by Gasteiger charge is 2.15. The van der Waals surface area contributed by atoms with Gasteiger partial charge in [-0.2, -0.15) is 0 Å². The highest BCUT2D eigenvalue weighted by Crippen LogP contribution is 2.26. The first-order valence-corrected chi connectivity index (χ1v) is 6.36. The number of nitrogens with zero attached hydrogens (tertiary/aromatic N) is 1. The second-order valence-corrected chi connectivity index (χ2v) is 4.91. The quantitative estimate of drug-likeness (QED) is 0.918. The summed E-state index contributed by atoms with van der Waals surface area (Å²) >= 11 is 0. The van der Waals surface area contributed by atoms with Crippen LogP contribution in [0, 0.1) is 20.8 Å². The Morgan fingerprint density at radius 2 is 1.84 bits per heavy atom. The molecule has 0 amide bonds. The number of nitrogens with two attached hydrogens (primary N) is 1. The third-order valence-electron chi connectivity index (χ3n) is 3.36. The summed E-state index contributed by atoms with van der Waals surface area (Å²) in [6, 6.07) is 7.86. The van der Waals surface area contributed by atoms with Gasteiger partial charge >= 0.3 is 0 Å². The lowest BCUT2D eigenvalue weighted by atomic mass is 9.96. The predicted molar refractivity (Wildman–Crippen MR) is 77.5 cm³/mol.